The highest BCUT2D eigenvalue weighted by atomic mass is 16.1. The summed E-state index contributed by atoms with van der Waals surface area (Å²) in [5.74, 6) is 3.64. The van der Waals surface area contributed by atoms with Crippen LogP contribution in [0.5, 0.6) is 0 Å². The van der Waals surface area contributed by atoms with Gasteiger partial charge in [-0.25, -0.2) is 0 Å². The third-order valence-corrected chi connectivity index (χ3v) is 5.40. The van der Waals surface area contributed by atoms with Gasteiger partial charge in [-0.2, -0.15) is 0 Å². The Hall–Kier alpha value is -1.58. The van der Waals surface area contributed by atoms with Crippen molar-refractivity contribution in [1.82, 2.24) is 10.3 Å². The number of rotatable bonds is 4. The molecule has 0 aromatic carbocycles. The highest BCUT2D eigenvalue weighted by molar-refractivity contribution is 5.93. The maximum absolute atomic E-state index is 11.8. The number of pyridine rings is 1. The van der Waals surface area contributed by atoms with Crippen LogP contribution in [0.1, 0.15) is 36.7 Å². The number of nitrogens with one attached hydrogen (secondary N) is 2. The van der Waals surface area contributed by atoms with Crippen molar-refractivity contribution in [3.05, 3.63) is 24.0 Å². The van der Waals surface area contributed by atoms with Gasteiger partial charge in [0.1, 0.15) is 5.69 Å². The minimum atomic E-state index is -0.0905. The topological polar surface area (TPSA) is 54.0 Å². The molecule has 0 saturated heterocycles. The van der Waals surface area contributed by atoms with Crippen molar-refractivity contribution in [3.63, 3.8) is 0 Å². The Balaban J connectivity index is 1.45. The van der Waals surface area contributed by atoms with Crippen LogP contribution in [0.4, 0.5) is 5.69 Å². The molecule has 3 aliphatic rings. The molecule has 4 nitrogen and oxygen atoms in total. The van der Waals surface area contributed by atoms with E-state index < -0.39 is 0 Å². The van der Waals surface area contributed by atoms with Gasteiger partial charge in [-0.3, -0.25) is 9.78 Å². The molecule has 4 heteroatoms. The highest BCUT2D eigenvalue weighted by Crippen LogP contribution is 2.66. The molecule has 3 fully saturated rings. The molecule has 0 aliphatic heterocycles. The Morgan fingerprint density at radius 1 is 1.35 bits per heavy atom. The second-order valence-corrected chi connectivity index (χ2v) is 6.45. The van der Waals surface area contributed by atoms with Crippen LogP contribution < -0.4 is 10.6 Å². The van der Waals surface area contributed by atoms with E-state index in [1.807, 2.05) is 19.1 Å². The summed E-state index contributed by atoms with van der Waals surface area (Å²) in [6.07, 6.45) is 6.06. The van der Waals surface area contributed by atoms with Gasteiger partial charge in [-0.05, 0) is 62.0 Å². The summed E-state index contributed by atoms with van der Waals surface area (Å²) in [6.45, 7) is 2.55. The summed E-state index contributed by atoms with van der Waals surface area (Å²) in [5, 5.41) is 6.43. The van der Waals surface area contributed by atoms with Crippen LogP contribution in [0.3, 0.4) is 0 Å². The molecule has 106 valence electrons. The number of hydrogen-bond donors (Lipinski definition) is 2. The molecule has 3 saturated carbocycles. The minimum Gasteiger partial charge on any atom is -0.382 e. The first-order valence-corrected chi connectivity index (χ1v) is 7.78. The van der Waals surface area contributed by atoms with Gasteiger partial charge in [-0.1, -0.05) is 0 Å². The Morgan fingerprint density at radius 3 is 2.80 bits per heavy atom. The third-order valence-electron chi connectivity index (χ3n) is 5.40. The van der Waals surface area contributed by atoms with Gasteiger partial charge in [0, 0.05) is 24.5 Å². The van der Waals surface area contributed by atoms with Crippen molar-refractivity contribution in [2.24, 2.45) is 23.7 Å². The number of anilines is 1. The molecule has 2 N–H and O–H groups in total. The molecular formula is C16H21N3O. The molecular weight excluding hydrogens is 250 g/mol. The second kappa shape index (κ2) is 4.47. The lowest BCUT2D eigenvalue weighted by Crippen LogP contribution is -2.24. The summed E-state index contributed by atoms with van der Waals surface area (Å²) >= 11 is 0. The van der Waals surface area contributed by atoms with Crippen LogP contribution in [0, 0.1) is 23.7 Å². The second-order valence-electron chi connectivity index (χ2n) is 6.45. The van der Waals surface area contributed by atoms with Crippen molar-refractivity contribution >= 4 is 11.6 Å². The van der Waals surface area contributed by atoms with Gasteiger partial charge in [0.05, 0.1) is 0 Å². The molecule has 1 amide bonds. The largest absolute Gasteiger partial charge is 0.382 e. The van der Waals surface area contributed by atoms with E-state index in [0.717, 1.165) is 29.4 Å². The van der Waals surface area contributed by atoms with E-state index in [1.165, 1.54) is 19.3 Å². The first-order chi connectivity index (χ1) is 9.78. The van der Waals surface area contributed by atoms with Gasteiger partial charge in [0.2, 0.25) is 0 Å². The number of carbonyl (C=O) groups is 1. The fourth-order valence-electron chi connectivity index (χ4n) is 4.61. The fourth-order valence-corrected chi connectivity index (χ4v) is 4.61. The highest BCUT2D eigenvalue weighted by Gasteiger charge is 2.64. The molecule has 0 spiro atoms. The normalized spacial score (nSPS) is 36.5. The average Bonchev–Trinajstić information content (AvgIpc) is 2.85. The first kappa shape index (κ1) is 12.2. The lowest BCUT2D eigenvalue weighted by Gasteiger charge is -2.12. The lowest BCUT2D eigenvalue weighted by molar-refractivity contribution is 0.0951. The Bertz CT molecular complexity index is 528. The molecule has 1 aromatic rings. The third kappa shape index (κ3) is 1.81. The van der Waals surface area contributed by atoms with Crippen molar-refractivity contribution in [1.29, 1.82) is 0 Å². The van der Waals surface area contributed by atoms with Crippen molar-refractivity contribution in [2.75, 3.05) is 11.9 Å². The Labute approximate surface area is 119 Å². The van der Waals surface area contributed by atoms with E-state index in [9.17, 15) is 4.79 Å². The monoisotopic (exact) mass is 271 g/mol. The zero-order chi connectivity index (χ0) is 13.7. The number of hydrogen-bond acceptors (Lipinski definition) is 3. The van der Waals surface area contributed by atoms with E-state index in [2.05, 4.69) is 15.6 Å². The molecule has 3 aliphatic carbocycles. The number of amides is 1. The van der Waals surface area contributed by atoms with E-state index in [4.69, 9.17) is 0 Å². The van der Waals surface area contributed by atoms with Gasteiger partial charge in [0.25, 0.3) is 5.91 Å². The summed E-state index contributed by atoms with van der Waals surface area (Å²) < 4.78 is 0. The average molecular weight is 271 g/mol. The minimum absolute atomic E-state index is 0.0905. The maximum atomic E-state index is 11.8. The summed E-state index contributed by atoms with van der Waals surface area (Å²) in [5.41, 5.74) is 1.55. The van der Waals surface area contributed by atoms with Crippen molar-refractivity contribution in [3.8, 4) is 0 Å². The van der Waals surface area contributed by atoms with Crippen molar-refractivity contribution < 1.29 is 4.79 Å². The van der Waals surface area contributed by atoms with Crippen molar-refractivity contribution in [2.45, 2.75) is 32.2 Å². The number of nitrogens with zero attached hydrogens (tertiary/aromatic N) is 1. The van der Waals surface area contributed by atoms with Crippen LogP contribution in [0.2, 0.25) is 0 Å². The summed E-state index contributed by atoms with van der Waals surface area (Å²) in [4.78, 5) is 16.0. The summed E-state index contributed by atoms with van der Waals surface area (Å²) in [7, 11) is 0. The van der Waals surface area contributed by atoms with Crippen LogP contribution in [-0.4, -0.2) is 23.5 Å². The molecule has 4 unspecified atom stereocenters. The van der Waals surface area contributed by atoms with Crippen LogP contribution in [0.15, 0.2) is 18.3 Å². The van der Waals surface area contributed by atoms with E-state index >= 15 is 0 Å². The molecule has 1 aromatic heterocycles. The fraction of sp³-hybridized carbons (Fsp3) is 0.625. The standard InChI is InChI=1S/C16H21N3O/c1-2-17-16(20)12-8-11(5-6-18-12)19-15-13-9-3-4-10(7-9)14(13)15/h5-6,8-10,13-15H,2-4,7H2,1H3,(H,17,20)(H,18,19). The predicted octanol–water partition coefficient (Wildman–Crippen LogP) is 2.29. The first-order valence-electron chi connectivity index (χ1n) is 7.78. The lowest BCUT2D eigenvalue weighted by atomic mass is 10.0. The zero-order valence-corrected chi connectivity index (χ0v) is 11.8. The number of carbonyl (C=O) groups excluding carboxylic acids is 1. The van der Waals surface area contributed by atoms with Crippen LogP contribution in [-0.2, 0) is 0 Å². The van der Waals surface area contributed by atoms with Gasteiger partial charge < -0.3 is 10.6 Å². The van der Waals surface area contributed by atoms with E-state index in [1.54, 1.807) is 6.20 Å². The number of fused-ring (bicyclic) bond motifs is 5. The molecule has 4 rings (SSSR count). The molecule has 2 bridgehead atoms. The van der Waals surface area contributed by atoms with Crippen LogP contribution in [0.25, 0.3) is 0 Å². The maximum Gasteiger partial charge on any atom is 0.269 e. The molecule has 0 radical (unpaired) electrons. The Morgan fingerprint density at radius 2 is 2.10 bits per heavy atom. The van der Waals surface area contributed by atoms with Gasteiger partial charge >= 0.3 is 0 Å². The smallest absolute Gasteiger partial charge is 0.269 e. The van der Waals surface area contributed by atoms with E-state index in [-0.39, 0.29) is 5.91 Å². The van der Waals surface area contributed by atoms with Gasteiger partial charge in [0.15, 0.2) is 0 Å². The predicted molar refractivity (Wildman–Crippen MR) is 77.5 cm³/mol. The number of aromatic nitrogens is 1. The SMILES string of the molecule is CCNC(=O)c1cc(NC2C3C4CCC(C4)C23)ccn1. The molecule has 20 heavy (non-hydrogen) atoms. The zero-order valence-electron chi connectivity index (χ0n) is 11.8. The Kier molecular flexibility index (Phi) is 2.72. The van der Waals surface area contributed by atoms with Gasteiger partial charge in [-0.15, -0.1) is 0 Å². The molecule has 4 atom stereocenters. The van der Waals surface area contributed by atoms with Crippen LogP contribution >= 0.6 is 0 Å². The quantitative estimate of drug-likeness (QED) is 0.883. The summed E-state index contributed by atoms with van der Waals surface area (Å²) in [6, 6.07) is 4.49. The van der Waals surface area contributed by atoms with E-state index in [0.29, 0.717) is 18.3 Å². The molecule has 1 heterocycles.